The Balaban J connectivity index is 1.69. The molecule has 32 heavy (non-hydrogen) atoms. The molecule has 10 nitrogen and oxygen atoms in total. The van der Waals surface area contributed by atoms with Crippen molar-refractivity contribution in [3.8, 4) is 17.1 Å². The molecule has 0 atom stereocenters. The van der Waals surface area contributed by atoms with Crippen molar-refractivity contribution < 1.29 is 14.5 Å². The second kappa shape index (κ2) is 8.00. The molecular weight excluding hydrogens is 432 g/mol. The van der Waals surface area contributed by atoms with E-state index >= 15 is 0 Å². The number of carbonyl (C=O) groups is 1. The van der Waals surface area contributed by atoms with E-state index in [4.69, 9.17) is 4.74 Å². The van der Waals surface area contributed by atoms with E-state index in [2.05, 4.69) is 20.4 Å². The number of aromatic nitrogens is 4. The summed E-state index contributed by atoms with van der Waals surface area (Å²) in [6.07, 6.45) is 1.56. The summed E-state index contributed by atoms with van der Waals surface area (Å²) in [6.45, 7) is 5.91. The first-order valence-electron chi connectivity index (χ1n) is 9.65. The molecule has 3 aromatic heterocycles. The predicted molar refractivity (Wildman–Crippen MR) is 121 cm³/mol. The molecule has 1 amide bonds. The van der Waals surface area contributed by atoms with Crippen LogP contribution in [0.25, 0.3) is 22.4 Å². The molecule has 4 rings (SSSR count). The molecule has 11 heteroatoms. The maximum atomic E-state index is 12.7. The number of rotatable bonds is 5. The zero-order valence-electron chi connectivity index (χ0n) is 17.8. The van der Waals surface area contributed by atoms with Crippen molar-refractivity contribution in [3.05, 3.63) is 57.6 Å². The van der Waals surface area contributed by atoms with Gasteiger partial charge in [0, 0.05) is 18.7 Å². The van der Waals surface area contributed by atoms with Gasteiger partial charge in [0.25, 0.3) is 5.91 Å². The number of nitro groups is 1. The summed E-state index contributed by atoms with van der Waals surface area (Å²) in [5.74, 6) is 0.896. The molecule has 3 heterocycles. The number of fused-ring (bicyclic) bond motifs is 1. The molecule has 0 radical (unpaired) electrons. The normalized spacial score (nSPS) is 11.5. The van der Waals surface area contributed by atoms with Crippen LogP contribution >= 0.6 is 11.3 Å². The Bertz CT molecular complexity index is 1320. The fourth-order valence-electron chi connectivity index (χ4n) is 2.99. The number of carbonyl (C=O) groups excluding carboxylic acids is 1. The van der Waals surface area contributed by atoms with Crippen molar-refractivity contribution in [1.82, 2.24) is 19.7 Å². The second-order valence-corrected chi connectivity index (χ2v) is 9.05. The molecule has 0 saturated heterocycles. The summed E-state index contributed by atoms with van der Waals surface area (Å²) in [5.41, 5.74) is 0.953. The Morgan fingerprint density at radius 1 is 1.16 bits per heavy atom. The molecule has 0 aliphatic carbocycles. The van der Waals surface area contributed by atoms with E-state index in [1.54, 1.807) is 17.9 Å². The summed E-state index contributed by atoms with van der Waals surface area (Å²) in [6, 6.07) is 10.1. The van der Waals surface area contributed by atoms with Crippen LogP contribution in [-0.2, 0) is 7.05 Å². The Morgan fingerprint density at radius 2 is 1.88 bits per heavy atom. The molecule has 1 N–H and O–H groups in total. The molecule has 0 fully saturated rings. The van der Waals surface area contributed by atoms with Gasteiger partial charge < -0.3 is 10.1 Å². The quantitative estimate of drug-likeness (QED) is 0.351. The molecule has 0 saturated carbocycles. The average molecular weight is 452 g/mol. The van der Waals surface area contributed by atoms with Crippen LogP contribution in [0.2, 0.25) is 0 Å². The highest BCUT2D eigenvalue weighted by atomic mass is 32.1. The largest absolute Gasteiger partial charge is 0.488 e. The zero-order chi connectivity index (χ0) is 23.0. The van der Waals surface area contributed by atoms with Crippen LogP contribution in [0.15, 0.2) is 42.6 Å². The number of thiophene rings is 1. The van der Waals surface area contributed by atoms with Crippen LogP contribution in [0.5, 0.6) is 5.75 Å². The van der Waals surface area contributed by atoms with E-state index in [9.17, 15) is 14.9 Å². The van der Waals surface area contributed by atoms with E-state index < -0.39 is 10.8 Å². The monoisotopic (exact) mass is 452 g/mol. The average Bonchev–Trinajstić information content (AvgIpc) is 3.35. The van der Waals surface area contributed by atoms with Gasteiger partial charge in [0.2, 0.25) is 0 Å². The molecule has 1 aromatic carbocycles. The number of ether oxygens (including phenoxy) is 1. The van der Waals surface area contributed by atoms with Gasteiger partial charge in [-0.25, -0.2) is 9.97 Å². The van der Waals surface area contributed by atoms with Crippen molar-refractivity contribution in [2.45, 2.75) is 26.4 Å². The summed E-state index contributed by atoms with van der Waals surface area (Å²) in [7, 11) is 1.74. The minimum absolute atomic E-state index is 0.109. The van der Waals surface area contributed by atoms with Gasteiger partial charge >= 0.3 is 5.00 Å². The standard InChI is InChI=1S/C21H20N6O4S/c1-21(2,3)31-13-7-5-12(6-8-13)17-23-18(14-11-22-26(4)19(14)24-17)25-20(28)15-9-10-16(32-15)27(29)30/h5-11H,1-4H3,(H,23,24,25,28). The summed E-state index contributed by atoms with van der Waals surface area (Å²) in [5, 5.41) is 18.3. The summed E-state index contributed by atoms with van der Waals surface area (Å²) < 4.78 is 7.44. The maximum Gasteiger partial charge on any atom is 0.324 e. The molecule has 0 aliphatic heterocycles. The van der Waals surface area contributed by atoms with Crippen molar-refractivity contribution in [2.24, 2.45) is 7.05 Å². The summed E-state index contributed by atoms with van der Waals surface area (Å²) in [4.78, 5) is 32.4. The smallest absolute Gasteiger partial charge is 0.324 e. The highest BCUT2D eigenvalue weighted by Crippen LogP contribution is 2.29. The Kier molecular flexibility index (Phi) is 5.35. The number of aryl methyl sites for hydroxylation is 1. The van der Waals surface area contributed by atoms with Gasteiger partial charge in [-0.15, -0.1) is 0 Å². The number of nitrogens with zero attached hydrogens (tertiary/aromatic N) is 5. The first-order valence-corrected chi connectivity index (χ1v) is 10.5. The van der Waals surface area contributed by atoms with E-state index in [1.807, 2.05) is 45.0 Å². The Morgan fingerprint density at radius 3 is 2.50 bits per heavy atom. The molecule has 0 unspecified atom stereocenters. The predicted octanol–water partition coefficient (Wildman–Crippen LogP) is 4.43. The number of nitrogens with one attached hydrogen (secondary N) is 1. The van der Waals surface area contributed by atoms with Crippen LogP contribution in [0.3, 0.4) is 0 Å². The molecule has 164 valence electrons. The number of amides is 1. The molecule has 0 spiro atoms. The maximum absolute atomic E-state index is 12.7. The van der Waals surface area contributed by atoms with Crippen molar-refractivity contribution >= 4 is 39.1 Å². The molecule has 0 bridgehead atoms. The van der Waals surface area contributed by atoms with Crippen molar-refractivity contribution in [2.75, 3.05) is 5.32 Å². The van der Waals surface area contributed by atoms with Gasteiger partial charge in [0.15, 0.2) is 11.5 Å². The highest BCUT2D eigenvalue weighted by Gasteiger charge is 2.19. The second-order valence-electron chi connectivity index (χ2n) is 7.99. The van der Waals surface area contributed by atoms with Gasteiger partial charge in [-0.05, 0) is 51.1 Å². The van der Waals surface area contributed by atoms with Crippen LogP contribution in [0, 0.1) is 10.1 Å². The fourth-order valence-corrected chi connectivity index (χ4v) is 3.70. The van der Waals surface area contributed by atoms with Crippen molar-refractivity contribution in [1.29, 1.82) is 0 Å². The van der Waals surface area contributed by atoms with Gasteiger partial charge in [-0.3, -0.25) is 19.6 Å². The van der Waals surface area contributed by atoms with Crippen LogP contribution in [-0.4, -0.2) is 36.2 Å². The molecule has 4 aromatic rings. The van der Waals surface area contributed by atoms with Gasteiger partial charge in [-0.1, -0.05) is 11.3 Å². The lowest BCUT2D eigenvalue weighted by Gasteiger charge is -2.21. The summed E-state index contributed by atoms with van der Waals surface area (Å²) >= 11 is 0.796. The molecule has 0 aliphatic rings. The van der Waals surface area contributed by atoms with Crippen LogP contribution < -0.4 is 10.1 Å². The number of anilines is 1. The highest BCUT2D eigenvalue weighted by molar-refractivity contribution is 7.17. The number of hydrogen-bond acceptors (Lipinski definition) is 8. The Labute approximate surface area is 187 Å². The minimum Gasteiger partial charge on any atom is -0.488 e. The van der Waals surface area contributed by atoms with E-state index in [0.29, 0.717) is 16.9 Å². The Hall–Kier alpha value is -3.86. The molecular formula is C21H20N6O4S. The SMILES string of the molecule is Cn1ncc2c(NC(=O)c3ccc([N+](=O)[O-])s3)nc(-c3ccc(OC(C)(C)C)cc3)nc21. The third-order valence-corrected chi connectivity index (χ3v) is 5.39. The zero-order valence-corrected chi connectivity index (χ0v) is 18.6. The first kappa shape index (κ1) is 21.4. The lowest BCUT2D eigenvalue weighted by atomic mass is 10.1. The van der Waals surface area contributed by atoms with Gasteiger partial charge in [-0.2, -0.15) is 5.10 Å². The van der Waals surface area contributed by atoms with Crippen molar-refractivity contribution in [3.63, 3.8) is 0 Å². The fraction of sp³-hybridized carbons (Fsp3) is 0.238. The van der Waals surface area contributed by atoms with E-state index in [1.165, 1.54) is 12.1 Å². The number of hydrogen-bond donors (Lipinski definition) is 1. The van der Waals surface area contributed by atoms with Gasteiger partial charge in [0.1, 0.15) is 17.2 Å². The van der Waals surface area contributed by atoms with E-state index in [-0.39, 0.29) is 21.3 Å². The minimum atomic E-state index is -0.531. The number of benzene rings is 1. The van der Waals surface area contributed by atoms with Gasteiger partial charge in [0.05, 0.1) is 21.4 Å². The topological polar surface area (TPSA) is 125 Å². The third-order valence-electron chi connectivity index (χ3n) is 4.36. The first-order chi connectivity index (χ1) is 15.1. The third kappa shape index (κ3) is 4.42. The lowest BCUT2D eigenvalue weighted by Crippen LogP contribution is -2.22. The van der Waals surface area contributed by atoms with Crippen LogP contribution in [0.4, 0.5) is 10.8 Å². The lowest BCUT2D eigenvalue weighted by molar-refractivity contribution is -0.380. The van der Waals surface area contributed by atoms with E-state index in [0.717, 1.165) is 22.6 Å². The van der Waals surface area contributed by atoms with Crippen LogP contribution in [0.1, 0.15) is 30.4 Å².